The van der Waals surface area contributed by atoms with Gasteiger partial charge in [-0.1, -0.05) is 18.2 Å². The molecule has 0 spiro atoms. The molecule has 0 amide bonds. The molecule has 214 valence electrons. The van der Waals surface area contributed by atoms with Crippen molar-refractivity contribution >= 4 is 0 Å². The van der Waals surface area contributed by atoms with Crippen molar-refractivity contribution < 1.29 is 24.1 Å². The first-order valence-corrected chi connectivity index (χ1v) is 14.7. The Morgan fingerprint density at radius 3 is 2.19 bits per heavy atom. The van der Waals surface area contributed by atoms with Crippen molar-refractivity contribution in [1.82, 2.24) is 9.80 Å². The van der Waals surface area contributed by atoms with E-state index in [2.05, 4.69) is 54.2 Å². The first kappa shape index (κ1) is 25.5. The number of phenols is 1. The first-order chi connectivity index (χ1) is 20.4. The zero-order valence-electron chi connectivity index (χ0n) is 24.1. The van der Waals surface area contributed by atoms with E-state index >= 15 is 0 Å². The Morgan fingerprint density at radius 2 is 1.40 bits per heavy atom. The molecule has 0 aromatic heterocycles. The third kappa shape index (κ3) is 4.10. The van der Waals surface area contributed by atoms with Crippen molar-refractivity contribution in [1.29, 1.82) is 0 Å². The van der Waals surface area contributed by atoms with Gasteiger partial charge in [-0.3, -0.25) is 9.80 Å². The van der Waals surface area contributed by atoms with Crippen LogP contribution in [0.2, 0.25) is 0 Å². The summed E-state index contributed by atoms with van der Waals surface area (Å²) in [6, 6.07) is 20.6. The van der Waals surface area contributed by atoms with Crippen LogP contribution in [0.15, 0.2) is 60.7 Å². The molecule has 7 nitrogen and oxygen atoms in total. The van der Waals surface area contributed by atoms with Crippen molar-refractivity contribution in [2.24, 2.45) is 0 Å². The molecule has 6 aliphatic heterocycles. The number of rotatable bonds is 1. The van der Waals surface area contributed by atoms with Gasteiger partial charge in [-0.05, 0) is 110 Å². The summed E-state index contributed by atoms with van der Waals surface area (Å²) >= 11 is 0. The number of benzene rings is 4. The minimum Gasteiger partial charge on any atom is -0.504 e. The maximum atomic E-state index is 10.9. The van der Waals surface area contributed by atoms with Crippen LogP contribution in [0.1, 0.15) is 45.5 Å². The number of ether oxygens (including phenoxy) is 4. The predicted octanol–water partition coefficient (Wildman–Crippen LogP) is 6.95. The van der Waals surface area contributed by atoms with E-state index < -0.39 is 0 Å². The Hall–Kier alpha value is -4.20. The lowest BCUT2D eigenvalue weighted by atomic mass is 9.87. The highest BCUT2D eigenvalue weighted by atomic mass is 16.6. The molecule has 1 N–H and O–H groups in total. The van der Waals surface area contributed by atoms with Crippen LogP contribution in [0.3, 0.4) is 0 Å². The molecular weight excluding hydrogens is 528 g/mol. The summed E-state index contributed by atoms with van der Waals surface area (Å²) < 4.78 is 25.5. The summed E-state index contributed by atoms with van der Waals surface area (Å²) in [6.45, 7) is 1.87. The van der Waals surface area contributed by atoms with Crippen LogP contribution in [0, 0.1) is 0 Å². The second-order valence-corrected chi connectivity index (χ2v) is 12.0. The van der Waals surface area contributed by atoms with Gasteiger partial charge in [0.2, 0.25) is 5.75 Å². The summed E-state index contributed by atoms with van der Waals surface area (Å²) in [5.74, 6) is 4.86. The Bertz CT molecular complexity index is 1720. The fraction of sp³-hybridized carbons (Fsp3) is 0.314. The SMILES string of the molecule is COc1cc2c3c4c1Oc1cc5c(cc1O4)C(Cc1ccc(c(O)c1)Oc1ccc(cc1)CC3N(C)CC2)N(C)CC5. The zero-order valence-corrected chi connectivity index (χ0v) is 24.1. The molecule has 0 aliphatic carbocycles. The summed E-state index contributed by atoms with van der Waals surface area (Å²) in [6.07, 6.45) is 3.39. The van der Waals surface area contributed by atoms with E-state index in [9.17, 15) is 5.11 Å². The Kier molecular flexibility index (Phi) is 5.88. The topological polar surface area (TPSA) is 63.6 Å². The molecule has 2 unspecified atom stereocenters. The van der Waals surface area contributed by atoms with Gasteiger partial charge in [0, 0.05) is 30.7 Å². The minimum absolute atomic E-state index is 0.0974. The number of likely N-dealkylation sites (N-methyl/N-ethyl adjacent to an activating group) is 2. The van der Waals surface area contributed by atoms with Gasteiger partial charge < -0.3 is 24.1 Å². The van der Waals surface area contributed by atoms with Crippen molar-refractivity contribution in [2.45, 2.75) is 37.8 Å². The average Bonchev–Trinajstić information content (AvgIpc) is 2.99. The lowest BCUT2D eigenvalue weighted by Crippen LogP contribution is -2.34. The molecule has 7 heteroatoms. The van der Waals surface area contributed by atoms with E-state index in [1.165, 1.54) is 22.3 Å². The van der Waals surface area contributed by atoms with Crippen LogP contribution in [0.4, 0.5) is 0 Å². The van der Waals surface area contributed by atoms with E-state index in [4.69, 9.17) is 18.9 Å². The average molecular weight is 563 g/mol. The predicted molar refractivity (Wildman–Crippen MR) is 160 cm³/mol. The molecular formula is C35H34N2O5. The molecule has 6 aliphatic rings. The minimum atomic E-state index is 0.0974. The van der Waals surface area contributed by atoms with E-state index in [1.807, 2.05) is 30.3 Å². The molecule has 4 aromatic rings. The second kappa shape index (κ2) is 9.68. The normalized spacial score (nSPS) is 20.6. The molecule has 0 saturated heterocycles. The van der Waals surface area contributed by atoms with Crippen LogP contribution in [0.25, 0.3) is 0 Å². The summed E-state index contributed by atoms with van der Waals surface area (Å²) in [7, 11) is 6.04. The van der Waals surface area contributed by atoms with Crippen molar-refractivity contribution in [3.05, 3.63) is 94.0 Å². The molecule has 0 fully saturated rings. The number of fused-ring (bicyclic) bond motifs is 2. The van der Waals surface area contributed by atoms with Crippen LogP contribution in [-0.2, 0) is 25.7 Å². The largest absolute Gasteiger partial charge is 0.504 e. The molecule has 2 atom stereocenters. The summed E-state index contributed by atoms with van der Waals surface area (Å²) in [5.41, 5.74) is 7.12. The number of hydrogen-bond donors (Lipinski definition) is 1. The van der Waals surface area contributed by atoms with E-state index in [-0.39, 0.29) is 17.8 Å². The Labute approximate surface area is 245 Å². The van der Waals surface area contributed by atoms with Gasteiger partial charge >= 0.3 is 0 Å². The lowest BCUT2D eigenvalue weighted by Gasteiger charge is -2.39. The Morgan fingerprint density at radius 1 is 0.714 bits per heavy atom. The Balaban J connectivity index is 1.33. The quantitative estimate of drug-likeness (QED) is 0.237. The van der Waals surface area contributed by atoms with Crippen LogP contribution >= 0.6 is 0 Å². The molecule has 42 heavy (non-hydrogen) atoms. The number of phenolic OH excluding ortho intramolecular Hbond substituents is 1. The van der Waals surface area contributed by atoms with Gasteiger partial charge in [-0.2, -0.15) is 0 Å². The van der Waals surface area contributed by atoms with E-state index in [0.29, 0.717) is 23.0 Å². The molecule has 6 heterocycles. The smallest absolute Gasteiger partial charge is 0.212 e. The fourth-order valence-corrected chi connectivity index (χ4v) is 7.06. The van der Waals surface area contributed by atoms with Crippen molar-refractivity contribution in [3.63, 3.8) is 0 Å². The van der Waals surface area contributed by atoms with E-state index in [0.717, 1.165) is 67.1 Å². The molecule has 7 bridgehead atoms. The van der Waals surface area contributed by atoms with Gasteiger partial charge in [-0.25, -0.2) is 0 Å². The lowest BCUT2D eigenvalue weighted by molar-refractivity contribution is 0.218. The first-order valence-electron chi connectivity index (χ1n) is 14.7. The number of nitrogens with zero attached hydrogens (tertiary/aromatic N) is 2. The van der Waals surface area contributed by atoms with Crippen molar-refractivity contribution in [2.75, 3.05) is 34.3 Å². The number of methoxy groups -OCH3 is 1. The highest BCUT2D eigenvalue weighted by Gasteiger charge is 2.37. The summed E-state index contributed by atoms with van der Waals surface area (Å²) in [4.78, 5) is 4.78. The van der Waals surface area contributed by atoms with Gasteiger partial charge in [0.05, 0.1) is 7.11 Å². The summed E-state index contributed by atoms with van der Waals surface area (Å²) in [5, 5.41) is 10.9. The highest BCUT2D eigenvalue weighted by Crippen LogP contribution is 2.56. The van der Waals surface area contributed by atoms with Crippen LogP contribution in [-0.4, -0.2) is 49.2 Å². The molecule has 4 aromatic carbocycles. The van der Waals surface area contributed by atoms with Crippen LogP contribution in [0.5, 0.6) is 46.0 Å². The van der Waals surface area contributed by atoms with Crippen LogP contribution < -0.4 is 18.9 Å². The van der Waals surface area contributed by atoms with Gasteiger partial charge in [-0.15, -0.1) is 0 Å². The number of aromatic hydroxyl groups is 1. The monoisotopic (exact) mass is 562 g/mol. The number of hydrogen-bond acceptors (Lipinski definition) is 7. The van der Waals surface area contributed by atoms with E-state index in [1.54, 1.807) is 7.11 Å². The molecule has 10 rings (SSSR count). The second-order valence-electron chi connectivity index (χ2n) is 12.0. The maximum absolute atomic E-state index is 10.9. The third-order valence-electron chi connectivity index (χ3n) is 9.43. The van der Waals surface area contributed by atoms with Gasteiger partial charge in [0.25, 0.3) is 0 Å². The molecule has 0 radical (unpaired) electrons. The van der Waals surface area contributed by atoms with Gasteiger partial charge in [0.1, 0.15) is 5.75 Å². The standard InChI is InChI=1S/C35H34N2O5/c1-36-12-10-22-17-30-31-19-25(22)26(36)15-21-6-9-29(28(38)16-21)40-24-7-4-20(5-8-24)14-27-33-23(11-13-37(27)2)18-32(39-3)34(41-30)35(33)42-31/h4-9,16-19,26-27,38H,10-15H2,1-3H3. The fourth-order valence-electron chi connectivity index (χ4n) is 7.06. The highest BCUT2D eigenvalue weighted by molar-refractivity contribution is 5.67. The third-order valence-corrected chi connectivity index (χ3v) is 9.43. The zero-order chi connectivity index (χ0) is 28.5. The van der Waals surface area contributed by atoms with Crippen molar-refractivity contribution in [3.8, 4) is 46.0 Å². The van der Waals surface area contributed by atoms with Gasteiger partial charge in [0.15, 0.2) is 34.5 Å². The maximum Gasteiger partial charge on any atom is 0.212 e. The molecule has 0 saturated carbocycles.